The highest BCUT2D eigenvalue weighted by Crippen LogP contribution is 2.43. The highest BCUT2D eigenvalue weighted by molar-refractivity contribution is 5.92. The first kappa shape index (κ1) is 15.9. The molecule has 0 radical (unpaired) electrons. The van der Waals surface area contributed by atoms with Crippen LogP contribution in [0.3, 0.4) is 0 Å². The molecule has 2 aliphatic heterocycles. The normalized spacial score (nSPS) is 27.0. The Balaban J connectivity index is 1.76. The van der Waals surface area contributed by atoms with Gasteiger partial charge in [-0.15, -0.1) is 0 Å². The SMILES string of the molecule is COC[C@@]12CCN(C(=O)c3ccccn3)C[C@@H]1CN(C(C)=O)C2. The molecule has 0 bridgehead atoms. The molecule has 0 unspecified atom stereocenters. The molecule has 2 saturated heterocycles. The van der Waals surface area contributed by atoms with Gasteiger partial charge in [0, 0.05) is 57.7 Å². The molecular weight excluding hydrogens is 294 g/mol. The smallest absolute Gasteiger partial charge is 0.272 e. The summed E-state index contributed by atoms with van der Waals surface area (Å²) in [4.78, 5) is 32.3. The van der Waals surface area contributed by atoms with Crippen LogP contribution >= 0.6 is 0 Å². The molecule has 6 heteroatoms. The van der Waals surface area contributed by atoms with Crippen molar-refractivity contribution in [3.05, 3.63) is 30.1 Å². The Morgan fingerprint density at radius 2 is 2.13 bits per heavy atom. The van der Waals surface area contributed by atoms with E-state index in [-0.39, 0.29) is 23.1 Å². The van der Waals surface area contributed by atoms with E-state index in [9.17, 15) is 9.59 Å². The minimum absolute atomic E-state index is 0.0265. The number of piperidine rings is 1. The maximum atomic E-state index is 12.6. The third kappa shape index (κ3) is 2.95. The molecule has 0 aromatic carbocycles. The van der Waals surface area contributed by atoms with Gasteiger partial charge in [0.25, 0.3) is 5.91 Å². The highest BCUT2D eigenvalue weighted by atomic mass is 16.5. The zero-order valence-corrected chi connectivity index (χ0v) is 13.7. The first-order chi connectivity index (χ1) is 11.1. The van der Waals surface area contributed by atoms with E-state index < -0.39 is 0 Å². The van der Waals surface area contributed by atoms with E-state index in [4.69, 9.17) is 4.74 Å². The first-order valence-electron chi connectivity index (χ1n) is 8.00. The number of rotatable bonds is 3. The van der Waals surface area contributed by atoms with Gasteiger partial charge in [-0.25, -0.2) is 0 Å². The lowest BCUT2D eigenvalue weighted by Crippen LogP contribution is -2.51. The molecule has 3 rings (SSSR count). The molecule has 124 valence electrons. The zero-order chi connectivity index (χ0) is 16.4. The molecular formula is C17H23N3O3. The third-order valence-corrected chi connectivity index (χ3v) is 5.18. The second-order valence-electron chi connectivity index (χ2n) is 6.61. The Kier molecular flexibility index (Phi) is 4.35. The fraction of sp³-hybridized carbons (Fsp3) is 0.588. The van der Waals surface area contributed by atoms with Gasteiger partial charge >= 0.3 is 0 Å². The molecule has 0 aliphatic carbocycles. The van der Waals surface area contributed by atoms with Gasteiger partial charge in [0.2, 0.25) is 5.91 Å². The van der Waals surface area contributed by atoms with Crippen molar-refractivity contribution in [2.75, 3.05) is 39.9 Å². The third-order valence-electron chi connectivity index (χ3n) is 5.18. The number of aromatic nitrogens is 1. The van der Waals surface area contributed by atoms with Crippen LogP contribution < -0.4 is 0 Å². The van der Waals surface area contributed by atoms with Crippen LogP contribution in [0.4, 0.5) is 0 Å². The lowest BCUT2D eigenvalue weighted by atomic mass is 9.73. The van der Waals surface area contributed by atoms with Crippen molar-refractivity contribution in [2.45, 2.75) is 13.3 Å². The number of nitrogens with zero attached hydrogens (tertiary/aromatic N) is 3. The van der Waals surface area contributed by atoms with Crippen LogP contribution in [-0.2, 0) is 9.53 Å². The highest BCUT2D eigenvalue weighted by Gasteiger charge is 2.50. The minimum Gasteiger partial charge on any atom is -0.384 e. The Hall–Kier alpha value is -1.95. The van der Waals surface area contributed by atoms with E-state index in [2.05, 4.69) is 4.98 Å². The zero-order valence-electron chi connectivity index (χ0n) is 13.7. The topological polar surface area (TPSA) is 62.7 Å². The molecule has 0 spiro atoms. The van der Waals surface area contributed by atoms with Crippen molar-refractivity contribution >= 4 is 11.8 Å². The molecule has 0 N–H and O–H groups in total. The number of ether oxygens (including phenoxy) is 1. The van der Waals surface area contributed by atoms with Crippen molar-refractivity contribution in [1.29, 1.82) is 0 Å². The molecule has 3 heterocycles. The average molecular weight is 317 g/mol. The Labute approximate surface area is 136 Å². The molecule has 2 aliphatic rings. The minimum atomic E-state index is -0.0297. The number of amides is 2. The fourth-order valence-electron chi connectivity index (χ4n) is 3.88. The summed E-state index contributed by atoms with van der Waals surface area (Å²) in [5.74, 6) is 0.322. The molecule has 0 saturated carbocycles. The van der Waals surface area contributed by atoms with Crippen molar-refractivity contribution in [3.8, 4) is 0 Å². The number of hydrogen-bond acceptors (Lipinski definition) is 4. The van der Waals surface area contributed by atoms with Gasteiger partial charge in [0.05, 0.1) is 6.61 Å². The van der Waals surface area contributed by atoms with Gasteiger partial charge in [0.1, 0.15) is 5.69 Å². The summed E-state index contributed by atoms with van der Waals surface area (Å²) in [5.41, 5.74) is 0.453. The summed E-state index contributed by atoms with van der Waals surface area (Å²) < 4.78 is 5.44. The molecule has 6 nitrogen and oxygen atoms in total. The van der Waals surface area contributed by atoms with Crippen LogP contribution in [0.15, 0.2) is 24.4 Å². The molecule has 2 fully saturated rings. The van der Waals surface area contributed by atoms with Crippen molar-refractivity contribution in [3.63, 3.8) is 0 Å². The van der Waals surface area contributed by atoms with Crippen molar-refractivity contribution < 1.29 is 14.3 Å². The molecule has 2 atom stereocenters. The van der Waals surface area contributed by atoms with Gasteiger partial charge in [-0.2, -0.15) is 0 Å². The maximum absolute atomic E-state index is 12.6. The number of carbonyl (C=O) groups is 2. The van der Waals surface area contributed by atoms with E-state index in [1.54, 1.807) is 32.4 Å². The average Bonchev–Trinajstić information content (AvgIpc) is 2.94. The number of methoxy groups -OCH3 is 1. The van der Waals surface area contributed by atoms with Crippen LogP contribution in [0, 0.1) is 11.3 Å². The molecule has 2 amide bonds. The van der Waals surface area contributed by atoms with Gasteiger partial charge in [-0.1, -0.05) is 6.07 Å². The van der Waals surface area contributed by atoms with Crippen LogP contribution in [0.5, 0.6) is 0 Å². The number of pyridine rings is 1. The molecule has 1 aromatic rings. The lowest BCUT2D eigenvalue weighted by molar-refractivity contribution is -0.128. The summed E-state index contributed by atoms with van der Waals surface area (Å²) in [6.07, 6.45) is 2.49. The van der Waals surface area contributed by atoms with Crippen LogP contribution in [0.2, 0.25) is 0 Å². The Morgan fingerprint density at radius 3 is 2.78 bits per heavy atom. The lowest BCUT2D eigenvalue weighted by Gasteiger charge is -2.42. The summed E-state index contributed by atoms with van der Waals surface area (Å²) in [7, 11) is 1.70. The van der Waals surface area contributed by atoms with Gasteiger partial charge in [-0.05, 0) is 18.6 Å². The Morgan fingerprint density at radius 1 is 1.35 bits per heavy atom. The van der Waals surface area contributed by atoms with Crippen LogP contribution in [-0.4, -0.2) is 66.5 Å². The predicted molar refractivity (Wildman–Crippen MR) is 84.8 cm³/mol. The second-order valence-corrected chi connectivity index (χ2v) is 6.61. The number of carbonyl (C=O) groups excluding carboxylic acids is 2. The number of likely N-dealkylation sites (tertiary alicyclic amines) is 2. The molecule has 1 aromatic heterocycles. The molecule has 23 heavy (non-hydrogen) atoms. The van der Waals surface area contributed by atoms with Crippen molar-refractivity contribution in [1.82, 2.24) is 14.8 Å². The van der Waals surface area contributed by atoms with E-state index in [0.29, 0.717) is 31.9 Å². The Bertz CT molecular complexity index is 592. The van der Waals surface area contributed by atoms with Crippen LogP contribution in [0.25, 0.3) is 0 Å². The first-order valence-corrected chi connectivity index (χ1v) is 8.00. The van der Waals surface area contributed by atoms with E-state index >= 15 is 0 Å². The van der Waals surface area contributed by atoms with E-state index in [0.717, 1.165) is 13.0 Å². The second kappa shape index (κ2) is 6.28. The summed E-state index contributed by atoms with van der Waals surface area (Å²) >= 11 is 0. The van der Waals surface area contributed by atoms with Gasteiger partial charge in [-0.3, -0.25) is 14.6 Å². The summed E-state index contributed by atoms with van der Waals surface area (Å²) in [5, 5.41) is 0. The summed E-state index contributed by atoms with van der Waals surface area (Å²) in [6.45, 7) is 5.00. The maximum Gasteiger partial charge on any atom is 0.272 e. The van der Waals surface area contributed by atoms with E-state index in [1.165, 1.54) is 0 Å². The monoisotopic (exact) mass is 317 g/mol. The van der Waals surface area contributed by atoms with E-state index in [1.807, 2.05) is 15.9 Å². The standard InChI is InChI=1S/C17H23N3O3/c1-13(21)20-10-14-9-19(8-6-17(14,11-20)12-23-2)16(22)15-5-3-4-7-18-15/h3-5,7,14H,6,8-12H2,1-2H3/t14-,17+/m1/s1. The van der Waals surface area contributed by atoms with Crippen LogP contribution in [0.1, 0.15) is 23.8 Å². The fourth-order valence-corrected chi connectivity index (χ4v) is 3.88. The largest absolute Gasteiger partial charge is 0.384 e. The summed E-state index contributed by atoms with van der Waals surface area (Å²) in [6, 6.07) is 5.38. The van der Waals surface area contributed by atoms with Gasteiger partial charge in [0.15, 0.2) is 0 Å². The quantitative estimate of drug-likeness (QED) is 0.835. The number of hydrogen-bond donors (Lipinski definition) is 0. The number of fused-ring (bicyclic) bond motifs is 1. The predicted octanol–water partition coefficient (Wildman–Crippen LogP) is 1.04. The van der Waals surface area contributed by atoms with Gasteiger partial charge < -0.3 is 14.5 Å². The van der Waals surface area contributed by atoms with Crippen molar-refractivity contribution in [2.24, 2.45) is 11.3 Å².